The second-order valence-corrected chi connectivity index (χ2v) is 8.57. The molecule has 0 aromatic heterocycles. The molecule has 3 aromatic carbocycles. The first-order chi connectivity index (χ1) is 14.3. The van der Waals surface area contributed by atoms with Crippen LogP contribution in [0.15, 0.2) is 83.8 Å². The van der Waals surface area contributed by atoms with Crippen molar-refractivity contribution in [1.29, 1.82) is 0 Å². The molecule has 1 unspecified atom stereocenters. The van der Waals surface area contributed by atoms with E-state index in [4.69, 9.17) is 4.74 Å². The van der Waals surface area contributed by atoms with Crippen molar-refractivity contribution in [2.45, 2.75) is 17.9 Å². The maximum Gasteiger partial charge on any atom is 0.265 e. The molecule has 0 aliphatic heterocycles. The summed E-state index contributed by atoms with van der Waals surface area (Å²) in [6.45, 7) is 1.28. The van der Waals surface area contributed by atoms with E-state index in [1.807, 2.05) is 6.92 Å². The number of hydrogen-bond acceptors (Lipinski definition) is 5. The van der Waals surface area contributed by atoms with Crippen molar-refractivity contribution in [2.24, 2.45) is 0 Å². The number of rotatable bonds is 8. The van der Waals surface area contributed by atoms with E-state index >= 15 is 0 Å². The fourth-order valence-corrected chi connectivity index (χ4v) is 4.80. The SMILES string of the molecule is COc1ccc(N(C(C[N+](=O)[O-])c2ccccc2)S(=O)(=O)c2ccc(C)cc2)cc1. The van der Waals surface area contributed by atoms with Gasteiger partial charge < -0.3 is 4.74 Å². The number of aryl methyl sites for hydroxylation is 1. The molecule has 0 aliphatic carbocycles. The maximum atomic E-state index is 13.7. The van der Waals surface area contributed by atoms with E-state index in [2.05, 4.69) is 0 Å². The number of methoxy groups -OCH3 is 1. The Labute approximate surface area is 175 Å². The molecule has 1 atom stereocenters. The van der Waals surface area contributed by atoms with E-state index < -0.39 is 27.5 Å². The first-order valence-electron chi connectivity index (χ1n) is 9.25. The average Bonchev–Trinajstić information content (AvgIpc) is 2.74. The standard InChI is InChI=1S/C22H22N2O5S/c1-17-8-14-21(15-9-17)30(27,28)24(19-10-12-20(29-2)13-11-19)22(16-23(25)26)18-6-4-3-5-7-18/h3-15,22H,16H2,1-2H3. The number of ether oxygens (including phenoxy) is 1. The highest BCUT2D eigenvalue weighted by Gasteiger charge is 2.36. The molecule has 156 valence electrons. The van der Waals surface area contributed by atoms with Gasteiger partial charge in [0.25, 0.3) is 10.0 Å². The van der Waals surface area contributed by atoms with Gasteiger partial charge in [0.05, 0.1) is 17.7 Å². The molecule has 0 saturated heterocycles. The number of nitro groups is 1. The Morgan fingerprint density at radius 2 is 1.57 bits per heavy atom. The Morgan fingerprint density at radius 3 is 2.10 bits per heavy atom. The van der Waals surface area contributed by atoms with E-state index in [9.17, 15) is 18.5 Å². The molecule has 0 radical (unpaired) electrons. The normalized spacial score (nSPS) is 12.2. The Morgan fingerprint density at radius 1 is 0.967 bits per heavy atom. The molecule has 7 nitrogen and oxygen atoms in total. The van der Waals surface area contributed by atoms with Crippen LogP contribution in [0.25, 0.3) is 0 Å². The quantitative estimate of drug-likeness (QED) is 0.397. The highest BCUT2D eigenvalue weighted by Crippen LogP contribution is 2.34. The monoisotopic (exact) mass is 426 g/mol. The Bertz CT molecular complexity index is 1100. The molecule has 0 aliphatic rings. The van der Waals surface area contributed by atoms with Gasteiger partial charge in [-0.3, -0.25) is 14.4 Å². The molecule has 0 N–H and O–H groups in total. The maximum absolute atomic E-state index is 13.7. The molecule has 30 heavy (non-hydrogen) atoms. The van der Waals surface area contributed by atoms with E-state index in [-0.39, 0.29) is 4.90 Å². The van der Waals surface area contributed by atoms with Crippen molar-refractivity contribution in [1.82, 2.24) is 0 Å². The summed E-state index contributed by atoms with van der Waals surface area (Å²) in [5, 5.41) is 11.5. The molecule has 0 heterocycles. The van der Waals surface area contributed by atoms with Crippen LogP contribution in [-0.2, 0) is 10.0 Å². The number of nitrogens with zero attached hydrogens (tertiary/aromatic N) is 2. The topological polar surface area (TPSA) is 89.8 Å². The Kier molecular flexibility index (Phi) is 6.37. The largest absolute Gasteiger partial charge is 0.497 e. The lowest BCUT2D eigenvalue weighted by atomic mass is 10.1. The van der Waals surface area contributed by atoms with Crippen LogP contribution in [0.5, 0.6) is 5.75 Å². The highest BCUT2D eigenvalue weighted by molar-refractivity contribution is 7.92. The van der Waals surface area contributed by atoms with Gasteiger partial charge in [-0.15, -0.1) is 0 Å². The molecule has 8 heteroatoms. The summed E-state index contributed by atoms with van der Waals surface area (Å²) in [7, 11) is -2.59. The van der Waals surface area contributed by atoms with Gasteiger partial charge in [-0.25, -0.2) is 8.42 Å². The summed E-state index contributed by atoms with van der Waals surface area (Å²) in [6.07, 6.45) is 0. The minimum atomic E-state index is -4.10. The average molecular weight is 426 g/mol. The minimum Gasteiger partial charge on any atom is -0.497 e. The molecular formula is C22H22N2O5S. The Hall–Kier alpha value is -3.39. The van der Waals surface area contributed by atoms with Gasteiger partial charge in [-0.1, -0.05) is 48.0 Å². The fraction of sp³-hybridized carbons (Fsp3) is 0.182. The number of anilines is 1. The van der Waals surface area contributed by atoms with Crippen LogP contribution in [0, 0.1) is 17.0 Å². The van der Waals surface area contributed by atoms with Crippen molar-refractivity contribution >= 4 is 15.7 Å². The van der Waals surface area contributed by atoms with Crippen molar-refractivity contribution in [3.8, 4) is 5.75 Å². The molecule has 0 saturated carbocycles. The zero-order chi connectivity index (χ0) is 21.7. The molecule has 3 aromatic rings. The van der Waals surface area contributed by atoms with Crippen LogP contribution >= 0.6 is 0 Å². The number of sulfonamides is 1. The first-order valence-corrected chi connectivity index (χ1v) is 10.7. The zero-order valence-corrected chi connectivity index (χ0v) is 17.5. The zero-order valence-electron chi connectivity index (χ0n) is 16.6. The third kappa shape index (κ3) is 4.60. The Balaban J connectivity index is 2.21. The van der Waals surface area contributed by atoms with Gasteiger partial charge in [0, 0.05) is 4.92 Å². The highest BCUT2D eigenvalue weighted by atomic mass is 32.2. The third-order valence-electron chi connectivity index (χ3n) is 4.69. The predicted octanol–water partition coefficient (Wildman–Crippen LogP) is 4.22. The predicted molar refractivity (Wildman–Crippen MR) is 115 cm³/mol. The van der Waals surface area contributed by atoms with E-state index in [0.29, 0.717) is 17.0 Å². The smallest absolute Gasteiger partial charge is 0.265 e. The van der Waals surface area contributed by atoms with Gasteiger partial charge in [-0.2, -0.15) is 0 Å². The first kappa shape index (κ1) is 21.3. The number of benzene rings is 3. The fourth-order valence-electron chi connectivity index (χ4n) is 3.17. The summed E-state index contributed by atoms with van der Waals surface area (Å²) in [5.41, 5.74) is 1.75. The van der Waals surface area contributed by atoms with Crippen LogP contribution < -0.4 is 9.04 Å². The summed E-state index contributed by atoms with van der Waals surface area (Å²) in [4.78, 5) is 11.1. The van der Waals surface area contributed by atoms with Crippen molar-refractivity contribution in [3.05, 3.63) is 100 Å². The van der Waals surface area contributed by atoms with Crippen LogP contribution in [0.2, 0.25) is 0 Å². The van der Waals surface area contributed by atoms with Crippen molar-refractivity contribution in [3.63, 3.8) is 0 Å². The van der Waals surface area contributed by atoms with Crippen LogP contribution in [0.3, 0.4) is 0 Å². The molecule has 0 fully saturated rings. The van der Waals surface area contributed by atoms with Crippen LogP contribution in [0.1, 0.15) is 17.2 Å². The third-order valence-corrected chi connectivity index (χ3v) is 6.55. The van der Waals surface area contributed by atoms with Gasteiger partial charge in [0.15, 0.2) is 0 Å². The van der Waals surface area contributed by atoms with Gasteiger partial charge in [-0.05, 0) is 48.9 Å². The van der Waals surface area contributed by atoms with E-state index in [1.165, 1.54) is 19.2 Å². The van der Waals surface area contributed by atoms with Gasteiger partial charge >= 0.3 is 0 Å². The lowest BCUT2D eigenvalue weighted by Gasteiger charge is -2.31. The second-order valence-electron chi connectivity index (χ2n) is 6.75. The summed E-state index contributed by atoms with van der Waals surface area (Å²) in [6, 6.07) is 20.4. The van der Waals surface area contributed by atoms with E-state index in [1.54, 1.807) is 66.7 Å². The molecular weight excluding hydrogens is 404 g/mol. The van der Waals surface area contributed by atoms with Gasteiger partial charge in [0.2, 0.25) is 6.54 Å². The molecule has 0 bridgehead atoms. The van der Waals surface area contributed by atoms with Crippen molar-refractivity contribution < 1.29 is 18.1 Å². The van der Waals surface area contributed by atoms with E-state index in [0.717, 1.165) is 9.87 Å². The lowest BCUT2D eigenvalue weighted by Crippen LogP contribution is -2.38. The minimum absolute atomic E-state index is 0.0631. The summed E-state index contributed by atoms with van der Waals surface area (Å²) < 4.78 is 33.6. The second kappa shape index (κ2) is 8.96. The molecule has 3 rings (SSSR count). The lowest BCUT2D eigenvalue weighted by molar-refractivity contribution is -0.482. The number of hydrogen-bond donors (Lipinski definition) is 0. The summed E-state index contributed by atoms with van der Waals surface area (Å²) >= 11 is 0. The van der Waals surface area contributed by atoms with Gasteiger partial charge in [0.1, 0.15) is 11.8 Å². The summed E-state index contributed by atoms with van der Waals surface area (Å²) in [5.74, 6) is 0.553. The molecule has 0 amide bonds. The van der Waals surface area contributed by atoms with Crippen LogP contribution in [-0.4, -0.2) is 27.0 Å². The van der Waals surface area contributed by atoms with Crippen molar-refractivity contribution in [2.75, 3.05) is 18.0 Å². The van der Waals surface area contributed by atoms with Crippen LogP contribution in [0.4, 0.5) is 5.69 Å². The molecule has 0 spiro atoms.